The van der Waals surface area contributed by atoms with Crippen molar-refractivity contribution in [2.75, 3.05) is 0 Å². The maximum atomic E-state index is 4.42. The second kappa shape index (κ2) is 4.18. The van der Waals surface area contributed by atoms with E-state index in [0.717, 1.165) is 10.7 Å². The summed E-state index contributed by atoms with van der Waals surface area (Å²) in [5.74, 6) is 1.22. The first-order chi connectivity index (χ1) is 6.02. The first-order valence-electron chi connectivity index (χ1n) is 4.72. The van der Waals surface area contributed by atoms with Crippen LogP contribution < -0.4 is 0 Å². The van der Waals surface area contributed by atoms with Crippen molar-refractivity contribution in [2.45, 2.75) is 38.1 Å². The van der Waals surface area contributed by atoms with Crippen LogP contribution in [0, 0.1) is 5.92 Å². The molecular weight excluding hydrogens is 180 g/mol. The van der Waals surface area contributed by atoms with Gasteiger partial charge in [-0.3, -0.25) is 0 Å². The van der Waals surface area contributed by atoms with Gasteiger partial charge in [-0.1, -0.05) is 20.8 Å². The lowest BCUT2D eigenvalue weighted by molar-refractivity contribution is 0.511. The second-order valence-corrected chi connectivity index (χ2v) is 4.52. The van der Waals surface area contributed by atoms with Crippen LogP contribution in [0.5, 0.6) is 0 Å². The van der Waals surface area contributed by atoms with Crippen molar-refractivity contribution in [3.63, 3.8) is 0 Å². The van der Waals surface area contributed by atoms with E-state index in [4.69, 9.17) is 0 Å². The van der Waals surface area contributed by atoms with Crippen molar-refractivity contribution in [3.05, 3.63) is 12.0 Å². The number of imidazole rings is 1. The van der Waals surface area contributed by atoms with Crippen molar-refractivity contribution in [1.82, 2.24) is 9.55 Å². The molecule has 1 aromatic rings. The number of nitrogens with zero attached hydrogens (tertiary/aromatic N) is 2. The predicted molar refractivity (Wildman–Crippen MR) is 58.3 cm³/mol. The molecule has 0 aromatic carbocycles. The first kappa shape index (κ1) is 10.6. The SMILES string of the molecule is CC(C)CC(C)c1ncn(C)c1S. The van der Waals surface area contributed by atoms with Crippen molar-refractivity contribution < 1.29 is 0 Å². The van der Waals surface area contributed by atoms with Crippen molar-refractivity contribution >= 4 is 12.6 Å². The van der Waals surface area contributed by atoms with Gasteiger partial charge in [-0.05, 0) is 12.3 Å². The monoisotopic (exact) mass is 198 g/mol. The lowest BCUT2D eigenvalue weighted by Crippen LogP contribution is -2.00. The fraction of sp³-hybridized carbons (Fsp3) is 0.700. The molecule has 0 bridgehead atoms. The molecule has 74 valence electrons. The summed E-state index contributed by atoms with van der Waals surface area (Å²) in [7, 11) is 1.97. The maximum Gasteiger partial charge on any atom is 0.0955 e. The Balaban J connectivity index is 2.76. The fourth-order valence-electron chi connectivity index (χ4n) is 1.61. The summed E-state index contributed by atoms with van der Waals surface area (Å²) in [5.41, 5.74) is 1.12. The van der Waals surface area contributed by atoms with E-state index in [-0.39, 0.29) is 0 Å². The summed E-state index contributed by atoms with van der Waals surface area (Å²) < 4.78 is 1.95. The molecule has 13 heavy (non-hydrogen) atoms. The number of thiol groups is 1. The van der Waals surface area contributed by atoms with Crippen LogP contribution in [-0.2, 0) is 7.05 Å². The highest BCUT2D eigenvalue weighted by Gasteiger charge is 2.14. The molecule has 1 rings (SSSR count). The number of rotatable bonds is 3. The van der Waals surface area contributed by atoms with Crippen molar-refractivity contribution in [1.29, 1.82) is 0 Å². The van der Waals surface area contributed by atoms with Gasteiger partial charge in [-0.2, -0.15) is 0 Å². The van der Waals surface area contributed by atoms with Gasteiger partial charge < -0.3 is 4.57 Å². The van der Waals surface area contributed by atoms with Crippen LogP contribution >= 0.6 is 12.6 Å². The fourth-order valence-corrected chi connectivity index (χ4v) is 1.94. The van der Waals surface area contributed by atoms with Crippen LogP contribution in [0.25, 0.3) is 0 Å². The maximum absolute atomic E-state index is 4.42. The van der Waals surface area contributed by atoms with E-state index in [2.05, 4.69) is 38.4 Å². The lowest BCUT2D eigenvalue weighted by atomic mass is 9.96. The molecule has 0 N–H and O–H groups in total. The summed E-state index contributed by atoms with van der Waals surface area (Å²) >= 11 is 4.42. The molecule has 0 aliphatic heterocycles. The summed E-state index contributed by atoms with van der Waals surface area (Å²) in [6.07, 6.45) is 3.00. The highest BCUT2D eigenvalue weighted by atomic mass is 32.1. The normalized spacial score (nSPS) is 13.7. The molecule has 0 saturated carbocycles. The van der Waals surface area contributed by atoms with Gasteiger partial charge in [0.05, 0.1) is 17.0 Å². The van der Waals surface area contributed by atoms with Crippen molar-refractivity contribution in [2.24, 2.45) is 13.0 Å². The van der Waals surface area contributed by atoms with Gasteiger partial charge in [0.1, 0.15) is 0 Å². The molecule has 0 radical (unpaired) electrons. The summed E-state index contributed by atoms with van der Waals surface area (Å²) in [6, 6.07) is 0. The molecule has 0 fully saturated rings. The molecule has 0 amide bonds. The van der Waals surface area contributed by atoms with E-state index in [1.807, 2.05) is 17.9 Å². The molecule has 0 aliphatic rings. The lowest BCUT2D eigenvalue weighted by Gasteiger charge is -2.12. The molecule has 3 heteroatoms. The average Bonchev–Trinajstić information content (AvgIpc) is 2.31. The quantitative estimate of drug-likeness (QED) is 0.739. The van der Waals surface area contributed by atoms with Gasteiger partial charge in [-0.15, -0.1) is 12.6 Å². The third kappa shape index (κ3) is 2.50. The molecule has 1 aromatic heterocycles. The van der Waals surface area contributed by atoms with E-state index in [1.54, 1.807) is 0 Å². The summed E-state index contributed by atoms with van der Waals surface area (Å²) in [5, 5.41) is 0.994. The molecule has 0 aliphatic carbocycles. The van der Waals surface area contributed by atoms with Gasteiger partial charge in [-0.25, -0.2) is 4.98 Å². The van der Waals surface area contributed by atoms with E-state index in [9.17, 15) is 0 Å². The summed E-state index contributed by atoms with van der Waals surface area (Å²) in [6.45, 7) is 6.68. The van der Waals surface area contributed by atoms with E-state index < -0.39 is 0 Å². The van der Waals surface area contributed by atoms with Crippen LogP contribution in [-0.4, -0.2) is 9.55 Å². The molecule has 0 spiro atoms. The van der Waals surface area contributed by atoms with Gasteiger partial charge >= 0.3 is 0 Å². The molecule has 0 saturated heterocycles. The zero-order chi connectivity index (χ0) is 10.0. The standard InChI is InChI=1S/C10H18N2S/c1-7(2)5-8(3)9-10(13)12(4)6-11-9/h6-8,13H,5H2,1-4H3. The average molecular weight is 198 g/mol. The minimum atomic E-state index is 0.508. The molecular formula is C10H18N2S. The van der Waals surface area contributed by atoms with Gasteiger partial charge in [0.15, 0.2) is 0 Å². The Kier molecular flexibility index (Phi) is 3.42. The minimum absolute atomic E-state index is 0.508. The van der Waals surface area contributed by atoms with E-state index >= 15 is 0 Å². The Morgan fingerprint density at radius 2 is 2.08 bits per heavy atom. The molecule has 2 nitrogen and oxygen atoms in total. The Morgan fingerprint density at radius 1 is 1.46 bits per heavy atom. The first-order valence-corrected chi connectivity index (χ1v) is 5.17. The van der Waals surface area contributed by atoms with Crippen LogP contribution in [0.1, 0.15) is 38.8 Å². The van der Waals surface area contributed by atoms with Crippen molar-refractivity contribution in [3.8, 4) is 0 Å². The number of hydrogen-bond acceptors (Lipinski definition) is 2. The topological polar surface area (TPSA) is 17.8 Å². The Morgan fingerprint density at radius 3 is 2.46 bits per heavy atom. The third-order valence-electron chi connectivity index (χ3n) is 2.22. The highest BCUT2D eigenvalue weighted by molar-refractivity contribution is 7.80. The number of hydrogen-bond donors (Lipinski definition) is 1. The molecule has 1 heterocycles. The predicted octanol–water partition coefficient (Wildman–Crippen LogP) is 2.86. The highest BCUT2D eigenvalue weighted by Crippen LogP contribution is 2.26. The zero-order valence-electron chi connectivity index (χ0n) is 8.78. The van der Waals surface area contributed by atoms with Crippen LogP contribution in [0.4, 0.5) is 0 Å². The molecule has 1 atom stereocenters. The van der Waals surface area contributed by atoms with Gasteiger partial charge in [0.25, 0.3) is 0 Å². The van der Waals surface area contributed by atoms with Crippen LogP contribution in [0.3, 0.4) is 0 Å². The smallest absolute Gasteiger partial charge is 0.0955 e. The second-order valence-electron chi connectivity index (χ2n) is 4.09. The number of aryl methyl sites for hydroxylation is 1. The zero-order valence-corrected chi connectivity index (χ0v) is 9.68. The Hall–Kier alpha value is -0.440. The minimum Gasteiger partial charge on any atom is -0.329 e. The van der Waals surface area contributed by atoms with Crippen LogP contribution in [0.15, 0.2) is 11.4 Å². The molecule has 1 unspecified atom stereocenters. The van der Waals surface area contributed by atoms with E-state index in [1.165, 1.54) is 6.42 Å². The Bertz CT molecular complexity index is 278. The number of aromatic nitrogens is 2. The summed E-state index contributed by atoms with van der Waals surface area (Å²) in [4.78, 5) is 4.35. The van der Waals surface area contributed by atoms with Gasteiger partial charge in [0, 0.05) is 13.0 Å². The third-order valence-corrected chi connectivity index (χ3v) is 2.77. The Labute approximate surface area is 85.8 Å². The largest absolute Gasteiger partial charge is 0.329 e. The van der Waals surface area contributed by atoms with Gasteiger partial charge in [0.2, 0.25) is 0 Å². The van der Waals surface area contributed by atoms with Crippen LogP contribution in [0.2, 0.25) is 0 Å². The van der Waals surface area contributed by atoms with E-state index in [0.29, 0.717) is 11.8 Å².